The lowest BCUT2D eigenvalue weighted by atomic mass is 10.6. The summed E-state index contributed by atoms with van der Waals surface area (Å²) >= 11 is 0. The average Bonchev–Trinajstić information content (AvgIpc) is 2.38. The van der Waals surface area contributed by atoms with E-state index in [1.54, 1.807) is 7.11 Å². The van der Waals surface area contributed by atoms with Crippen LogP contribution in [0.5, 0.6) is 0 Å². The molecule has 0 aliphatic heterocycles. The highest BCUT2D eigenvalue weighted by Crippen LogP contribution is 1.79. The minimum Gasteiger partial charge on any atom is -0.382 e. The summed E-state index contributed by atoms with van der Waals surface area (Å²) in [6.45, 7) is 9.50. The predicted octanol–water partition coefficient (Wildman–Crippen LogP) is 0.241. The predicted molar refractivity (Wildman–Crippen MR) is 73.2 cm³/mol. The first-order valence-corrected chi connectivity index (χ1v) is 6.51. The zero-order valence-electron chi connectivity index (χ0n) is 11.8. The number of methoxy groups -OCH3 is 1. The van der Waals surface area contributed by atoms with Crippen molar-refractivity contribution in [3.05, 3.63) is 0 Å². The number of guanidine groups is 1. The second-order valence-corrected chi connectivity index (χ2v) is 3.49. The molecular formula is C12H27N3O3. The van der Waals surface area contributed by atoms with Crippen LogP contribution in [0.1, 0.15) is 13.8 Å². The first-order valence-electron chi connectivity index (χ1n) is 6.51. The molecule has 0 aromatic rings. The van der Waals surface area contributed by atoms with Crippen molar-refractivity contribution < 1.29 is 14.2 Å². The standard InChI is InChI=1S/C12H27N3O3/c1-4-13-12(14-6-8-17-5-2)15-7-9-18-11-10-16-3/h4-11H2,1-3H3,(H2,13,14,15). The van der Waals surface area contributed by atoms with Gasteiger partial charge in [0.05, 0.1) is 33.0 Å². The van der Waals surface area contributed by atoms with E-state index in [1.807, 2.05) is 13.8 Å². The van der Waals surface area contributed by atoms with E-state index < -0.39 is 0 Å². The van der Waals surface area contributed by atoms with Crippen LogP contribution in [-0.4, -0.2) is 65.7 Å². The van der Waals surface area contributed by atoms with Crippen LogP contribution >= 0.6 is 0 Å². The molecule has 0 atom stereocenters. The Morgan fingerprint density at radius 2 is 1.83 bits per heavy atom. The molecule has 0 aliphatic rings. The highest BCUT2D eigenvalue weighted by Gasteiger charge is 1.96. The van der Waals surface area contributed by atoms with Gasteiger partial charge in [-0.3, -0.25) is 4.99 Å². The molecule has 0 aromatic heterocycles. The molecule has 0 radical (unpaired) electrons. The summed E-state index contributed by atoms with van der Waals surface area (Å²) in [5, 5.41) is 6.36. The van der Waals surface area contributed by atoms with Gasteiger partial charge in [0.2, 0.25) is 0 Å². The van der Waals surface area contributed by atoms with Crippen molar-refractivity contribution in [3.8, 4) is 0 Å². The number of hydrogen-bond acceptors (Lipinski definition) is 4. The van der Waals surface area contributed by atoms with Gasteiger partial charge < -0.3 is 24.8 Å². The van der Waals surface area contributed by atoms with E-state index in [4.69, 9.17) is 14.2 Å². The quantitative estimate of drug-likeness (QED) is 0.317. The lowest BCUT2D eigenvalue weighted by Crippen LogP contribution is -2.39. The van der Waals surface area contributed by atoms with E-state index in [2.05, 4.69) is 15.6 Å². The third-order valence-electron chi connectivity index (χ3n) is 2.02. The Bertz CT molecular complexity index is 201. The minimum absolute atomic E-state index is 0.621. The highest BCUT2D eigenvalue weighted by molar-refractivity contribution is 5.79. The summed E-state index contributed by atoms with van der Waals surface area (Å²) in [5.41, 5.74) is 0. The first-order chi connectivity index (χ1) is 8.85. The first kappa shape index (κ1) is 17.2. The van der Waals surface area contributed by atoms with Crippen LogP contribution in [0, 0.1) is 0 Å². The largest absolute Gasteiger partial charge is 0.382 e. The van der Waals surface area contributed by atoms with Gasteiger partial charge in [0.1, 0.15) is 0 Å². The van der Waals surface area contributed by atoms with E-state index in [-0.39, 0.29) is 0 Å². The summed E-state index contributed by atoms with van der Waals surface area (Å²) in [4.78, 5) is 4.37. The van der Waals surface area contributed by atoms with Crippen molar-refractivity contribution in [1.82, 2.24) is 10.6 Å². The second kappa shape index (κ2) is 14.2. The summed E-state index contributed by atoms with van der Waals surface area (Å²) < 4.78 is 15.5. The fraction of sp³-hybridized carbons (Fsp3) is 0.917. The van der Waals surface area contributed by atoms with Gasteiger partial charge in [-0.2, -0.15) is 0 Å². The van der Waals surface area contributed by atoms with Crippen LogP contribution in [0.4, 0.5) is 0 Å². The van der Waals surface area contributed by atoms with Crippen molar-refractivity contribution >= 4 is 5.96 Å². The molecule has 18 heavy (non-hydrogen) atoms. The molecule has 0 rings (SSSR count). The Hall–Kier alpha value is -0.850. The molecule has 0 heterocycles. The van der Waals surface area contributed by atoms with E-state index >= 15 is 0 Å². The van der Waals surface area contributed by atoms with E-state index in [9.17, 15) is 0 Å². The van der Waals surface area contributed by atoms with Crippen molar-refractivity contribution in [1.29, 1.82) is 0 Å². The minimum atomic E-state index is 0.621. The maximum Gasteiger partial charge on any atom is 0.191 e. The van der Waals surface area contributed by atoms with Crippen LogP contribution in [-0.2, 0) is 14.2 Å². The zero-order chi connectivity index (χ0) is 13.5. The molecule has 2 N–H and O–H groups in total. The number of ether oxygens (including phenoxy) is 3. The monoisotopic (exact) mass is 261 g/mol. The number of hydrogen-bond donors (Lipinski definition) is 2. The third kappa shape index (κ3) is 11.6. The fourth-order valence-corrected chi connectivity index (χ4v) is 1.19. The van der Waals surface area contributed by atoms with Gasteiger partial charge in [-0.05, 0) is 13.8 Å². The van der Waals surface area contributed by atoms with Crippen molar-refractivity contribution in [2.45, 2.75) is 13.8 Å². The third-order valence-corrected chi connectivity index (χ3v) is 2.02. The highest BCUT2D eigenvalue weighted by atomic mass is 16.5. The van der Waals surface area contributed by atoms with Crippen LogP contribution < -0.4 is 10.6 Å². The molecule has 108 valence electrons. The van der Waals surface area contributed by atoms with E-state index in [0.717, 1.165) is 25.7 Å². The van der Waals surface area contributed by atoms with Gasteiger partial charge in [-0.25, -0.2) is 0 Å². The topological polar surface area (TPSA) is 64.1 Å². The van der Waals surface area contributed by atoms with Crippen LogP contribution in [0.3, 0.4) is 0 Å². The van der Waals surface area contributed by atoms with Crippen molar-refractivity contribution in [2.75, 3.05) is 59.8 Å². The van der Waals surface area contributed by atoms with E-state index in [0.29, 0.717) is 33.0 Å². The van der Waals surface area contributed by atoms with Gasteiger partial charge in [0.25, 0.3) is 0 Å². The molecule has 0 unspecified atom stereocenters. The molecule has 0 bridgehead atoms. The molecule has 0 spiro atoms. The Balaban J connectivity index is 3.61. The maximum atomic E-state index is 5.35. The van der Waals surface area contributed by atoms with Gasteiger partial charge in [-0.15, -0.1) is 0 Å². The summed E-state index contributed by atoms with van der Waals surface area (Å²) in [6.07, 6.45) is 0. The molecule has 6 heteroatoms. The Labute approximate surface area is 110 Å². The number of nitrogens with zero attached hydrogens (tertiary/aromatic N) is 1. The summed E-state index contributed by atoms with van der Waals surface area (Å²) in [7, 11) is 1.66. The number of rotatable bonds is 11. The number of nitrogens with one attached hydrogen (secondary N) is 2. The SMILES string of the molecule is CCNC(=NCCOCC)NCCOCCOC. The Kier molecular flexibility index (Phi) is 13.5. The van der Waals surface area contributed by atoms with Crippen molar-refractivity contribution in [2.24, 2.45) is 4.99 Å². The van der Waals surface area contributed by atoms with Gasteiger partial charge in [-0.1, -0.05) is 0 Å². The molecule has 0 amide bonds. The van der Waals surface area contributed by atoms with E-state index in [1.165, 1.54) is 0 Å². The van der Waals surface area contributed by atoms with Crippen LogP contribution in [0.25, 0.3) is 0 Å². The molecule has 0 aromatic carbocycles. The number of aliphatic imine (C=N–C) groups is 1. The fourth-order valence-electron chi connectivity index (χ4n) is 1.19. The molecule has 0 fully saturated rings. The lowest BCUT2D eigenvalue weighted by Gasteiger charge is -2.11. The second-order valence-electron chi connectivity index (χ2n) is 3.49. The maximum absolute atomic E-state index is 5.35. The van der Waals surface area contributed by atoms with Gasteiger partial charge >= 0.3 is 0 Å². The lowest BCUT2D eigenvalue weighted by molar-refractivity contribution is 0.0733. The normalized spacial score (nSPS) is 11.6. The summed E-state index contributed by atoms with van der Waals surface area (Å²) in [5.74, 6) is 0.799. The molecule has 0 saturated carbocycles. The molecule has 0 aliphatic carbocycles. The zero-order valence-corrected chi connectivity index (χ0v) is 11.8. The Morgan fingerprint density at radius 3 is 2.50 bits per heavy atom. The van der Waals surface area contributed by atoms with Gasteiger partial charge in [0.15, 0.2) is 5.96 Å². The summed E-state index contributed by atoms with van der Waals surface area (Å²) in [6, 6.07) is 0. The molecule has 0 saturated heterocycles. The molecule has 6 nitrogen and oxygen atoms in total. The van der Waals surface area contributed by atoms with Crippen molar-refractivity contribution in [3.63, 3.8) is 0 Å². The smallest absolute Gasteiger partial charge is 0.191 e. The average molecular weight is 261 g/mol. The van der Waals surface area contributed by atoms with Gasteiger partial charge in [0, 0.05) is 26.8 Å². The van der Waals surface area contributed by atoms with Crippen LogP contribution in [0.2, 0.25) is 0 Å². The molecular weight excluding hydrogens is 234 g/mol. The Morgan fingerprint density at radius 1 is 1.00 bits per heavy atom. The van der Waals surface area contributed by atoms with Crippen LogP contribution in [0.15, 0.2) is 4.99 Å².